The number of benzene rings is 1. The third kappa shape index (κ3) is 2.24. The van der Waals surface area contributed by atoms with E-state index in [9.17, 15) is 0 Å². The van der Waals surface area contributed by atoms with Crippen LogP contribution in [0.1, 0.15) is 43.4 Å². The standard InChI is InChI=1S/C15H24N2/c1-3-12-5-7-13(8-6-12)14(17-2)15(11-16)9-4-10-15/h5-8,14,17H,3-4,9-11,16H2,1-2H3. The normalized spacial score (nSPS) is 19.7. The van der Waals surface area contributed by atoms with Crippen LogP contribution in [0, 0.1) is 5.41 Å². The Kier molecular flexibility index (Phi) is 3.85. The van der Waals surface area contributed by atoms with Gasteiger partial charge in [0, 0.05) is 11.5 Å². The van der Waals surface area contributed by atoms with Crippen LogP contribution in [0.5, 0.6) is 0 Å². The fourth-order valence-electron chi connectivity index (χ4n) is 3.01. The minimum atomic E-state index is 0.294. The first-order valence-electron chi connectivity index (χ1n) is 6.72. The quantitative estimate of drug-likeness (QED) is 0.819. The molecule has 1 aromatic carbocycles. The molecule has 1 saturated carbocycles. The lowest BCUT2D eigenvalue weighted by atomic mass is 9.62. The molecule has 2 rings (SSSR count). The average molecular weight is 232 g/mol. The van der Waals surface area contributed by atoms with E-state index in [4.69, 9.17) is 5.73 Å². The van der Waals surface area contributed by atoms with E-state index in [0.717, 1.165) is 13.0 Å². The molecule has 2 nitrogen and oxygen atoms in total. The zero-order valence-corrected chi connectivity index (χ0v) is 11.0. The Morgan fingerprint density at radius 2 is 1.94 bits per heavy atom. The third-order valence-corrected chi connectivity index (χ3v) is 4.38. The summed E-state index contributed by atoms with van der Waals surface area (Å²) < 4.78 is 0. The maximum atomic E-state index is 6.00. The Morgan fingerprint density at radius 1 is 1.29 bits per heavy atom. The maximum Gasteiger partial charge on any atom is 0.0386 e. The minimum Gasteiger partial charge on any atom is -0.330 e. The van der Waals surface area contributed by atoms with Gasteiger partial charge in [-0.05, 0) is 44.0 Å². The highest BCUT2D eigenvalue weighted by Gasteiger charge is 2.42. The van der Waals surface area contributed by atoms with Crippen molar-refractivity contribution in [2.75, 3.05) is 13.6 Å². The van der Waals surface area contributed by atoms with Gasteiger partial charge < -0.3 is 11.1 Å². The van der Waals surface area contributed by atoms with E-state index in [1.54, 1.807) is 0 Å². The second-order valence-electron chi connectivity index (χ2n) is 5.24. The number of rotatable bonds is 5. The summed E-state index contributed by atoms with van der Waals surface area (Å²) >= 11 is 0. The summed E-state index contributed by atoms with van der Waals surface area (Å²) in [5.74, 6) is 0. The zero-order chi connectivity index (χ0) is 12.3. The monoisotopic (exact) mass is 232 g/mol. The number of hydrogen-bond donors (Lipinski definition) is 2. The van der Waals surface area contributed by atoms with Crippen molar-refractivity contribution in [1.29, 1.82) is 0 Å². The summed E-state index contributed by atoms with van der Waals surface area (Å²) in [6, 6.07) is 9.41. The van der Waals surface area contributed by atoms with Crippen molar-refractivity contribution in [3.63, 3.8) is 0 Å². The number of hydrogen-bond acceptors (Lipinski definition) is 2. The SMILES string of the molecule is CCc1ccc(C(NC)C2(CN)CCC2)cc1. The first-order valence-corrected chi connectivity index (χ1v) is 6.72. The molecule has 1 fully saturated rings. The molecule has 0 spiro atoms. The summed E-state index contributed by atoms with van der Waals surface area (Å²) in [6.07, 6.45) is 4.93. The van der Waals surface area contributed by atoms with Crippen LogP contribution in [0.2, 0.25) is 0 Å². The van der Waals surface area contributed by atoms with Gasteiger partial charge in [-0.1, -0.05) is 37.6 Å². The predicted molar refractivity (Wildman–Crippen MR) is 73.0 cm³/mol. The molecule has 0 bridgehead atoms. The molecule has 3 N–H and O–H groups in total. The third-order valence-electron chi connectivity index (χ3n) is 4.38. The van der Waals surface area contributed by atoms with Crippen LogP contribution in [0.15, 0.2) is 24.3 Å². The molecule has 1 aromatic rings. The zero-order valence-electron chi connectivity index (χ0n) is 11.0. The highest BCUT2D eigenvalue weighted by molar-refractivity contribution is 5.27. The Bertz CT molecular complexity index is 346. The summed E-state index contributed by atoms with van der Waals surface area (Å²) in [7, 11) is 2.05. The lowest BCUT2D eigenvalue weighted by Gasteiger charge is -2.47. The van der Waals surface area contributed by atoms with Gasteiger partial charge in [0.15, 0.2) is 0 Å². The van der Waals surface area contributed by atoms with Gasteiger partial charge in [-0.2, -0.15) is 0 Å². The van der Waals surface area contributed by atoms with E-state index in [-0.39, 0.29) is 0 Å². The first-order chi connectivity index (χ1) is 8.25. The molecule has 0 radical (unpaired) electrons. The minimum absolute atomic E-state index is 0.294. The van der Waals surface area contributed by atoms with E-state index < -0.39 is 0 Å². The van der Waals surface area contributed by atoms with Gasteiger partial charge >= 0.3 is 0 Å². The van der Waals surface area contributed by atoms with Gasteiger partial charge in [-0.3, -0.25) is 0 Å². The van der Waals surface area contributed by atoms with E-state index in [2.05, 4.69) is 36.5 Å². The van der Waals surface area contributed by atoms with Crippen LogP contribution in [0.4, 0.5) is 0 Å². The smallest absolute Gasteiger partial charge is 0.0386 e. The summed E-state index contributed by atoms with van der Waals surface area (Å²) in [4.78, 5) is 0. The molecule has 94 valence electrons. The van der Waals surface area contributed by atoms with Crippen LogP contribution >= 0.6 is 0 Å². The summed E-state index contributed by atoms with van der Waals surface area (Å²) in [6.45, 7) is 2.98. The van der Waals surface area contributed by atoms with Crippen molar-refractivity contribution >= 4 is 0 Å². The van der Waals surface area contributed by atoms with Gasteiger partial charge in [-0.15, -0.1) is 0 Å². The molecule has 0 aromatic heterocycles. The molecule has 1 atom stereocenters. The van der Waals surface area contributed by atoms with E-state index in [0.29, 0.717) is 11.5 Å². The van der Waals surface area contributed by atoms with Gasteiger partial charge in [0.2, 0.25) is 0 Å². The second-order valence-corrected chi connectivity index (χ2v) is 5.24. The first kappa shape index (κ1) is 12.6. The molecule has 0 saturated heterocycles. The van der Waals surface area contributed by atoms with Gasteiger partial charge in [-0.25, -0.2) is 0 Å². The Hall–Kier alpha value is -0.860. The molecule has 17 heavy (non-hydrogen) atoms. The topological polar surface area (TPSA) is 38.0 Å². The Balaban J connectivity index is 2.22. The Labute approximate surface area is 105 Å². The van der Waals surface area contributed by atoms with Crippen LogP contribution < -0.4 is 11.1 Å². The molecular formula is C15H24N2. The average Bonchev–Trinajstić information content (AvgIpc) is 2.34. The maximum absolute atomic E-state index is 6.00. The predicted octanol–water partition coefficient (Wildman–Crippen LogP) is 2.64. The van der Waals surface area contributed by atoms with Crippen molar-refractivity contribution in [3.05, 3.63) is 35.4 Å². The largest absolute Gasteiger partial charge is 0.330 e. The molecule has 1 unspecified atom stereocenters. The van der Waals surface area contributed by atoms with Gasteiger partial charge in [0.25, 0.3) is 0 Å². The molecule has 0 heterocycles. The van der Waals surface area contributed by atoms with E-state index >= 15 is 0 Å². The second kappa shape index (κ2) is 5.19. The van der Waals surface area contributed by atoms with E-state index in [1.165, 1.54) is 30.4 Å². The summed E-state index contributed by atoms with van der Waals surface area (Å²) in [5, 5.41) is 3.47. The number of nitrogens with one attached hydrogen (secondary N) is 1. The van der Waals surface area contributed by atoms with Crippen LogP contribution in [-0.2, 0) is 6.42 Å². The number of aryl methyl sites for hydroxylation is 1. The fourth-order valence-corrected chi connectivity index (χ4v) is 3.01. The Morgan fingerprint density at radius 3 is 2.29 bits per heavy atom. The highest BCUT2D eigenvalue weighted by atomic mass is 14.9. The van der Waals surface area contributed by atoms with E-state index in [1.807, 2.05) is 7.05 Å². The molecular weight excluding hydrogens is 208 g/mol. The fraction of sp³-hybridized carbons (Fsp3) is 0.600. The molecule has 1 aliphatic carbocycles. The van der Waals surface area contributed by atoms with Crippen LogP contribution in [-0.4, -0.2) is 13.6 Å². The van der Waals surface area contributed by atoms with Crippen molar-refractivity contribution in [2.45, 2.75) is 38.6 Å². The van der Waals surface area contributed by atoms with Gasteiger partial charge in [0.05, 0.1) is 0 Å². The molecule has 2 heteroatoms. The molecule has 1 aliphatic rings. The molecule has 0 amide bonds. The van der Waals surface area contributed by atoms with Gasteiger partial charge in [0.1, 0.15) is 0 Å². The van der Waals surface area contributed by atoms with Crippen LogP contribution in [0.3, 0.4) is 0 Å². The molecule has 0 aliphatic heterocycles. The van der Waals surface area contributed by atoms with Crippen molar-refractivity contribution in [3.8, 4) is 0 Å². The lowest BCUT2D eigenvalue weighted by Crippen LogP contribution is -2.47. The van der Waals surface area contributed by atoms with Crippen LogP contribution in [0.25, 0.3) is 0 Å². The number of nitrogens with two attached hydrogens (primary N) is 1. The summed E-state index contributed by atoms with van der Waals surface area (Å²) in [5.41, 5.74) is 9.08. The van der Waals surface area contributed by atoms with Crippen molar-refractivity contribution in [1.82, 2.24) is 5.32 Å². The highest BCUT2D eigenvalue weighted by Crippen LogP contribution is 2.49. The van der Waals surface area contributed by atoms with Crippen molar-refractivity contribution < 1.29 is 0 Å². The lowest BCUT2D eigenvalue weighted by molar-refractivity contribution is 0.0880. The van der Waals surface area contributed by atoms with Crippen molar-refractivity contribution in [2.24, 2.45) is 11.1 Å².